The highest BCUT2D eigenvalue weighted by atomic mass is 16.5. The number of carbonyl (C=O) groups is 1. The Kier molecular flexibility index (Phi) is 6.12. The van der Waals surface area contributed by atoms with Crippen molar-refractivity contribution in [3.05, 3.63) is 41.7 Å². The predicted molar refractivity (Wildman–Crippen MR) is 94.9 cm³/mol. The van der Waals surface area contributed by atoms with Gasteiger partial charge in [0, 0.05) is 12.2 Å². The molecule has 1 aromatic heterocycles. The van der Waals surface area contributed by atoms with E-state index in [1.807, 2.05) is 52.0 Å². The van der Waals surface area contributed by atoms with Gasteiger partial charge in [0.05, 0.1) is 11.8 Å². The normalized spacial score (nSPS) is 10.5. The van der Waals surface area contributed by atoms with Crippen molar-refractivity contribution in [2.75, 3.05) is 11.9 Å². The minimum atomic E-state index is -0.197. The Bertz CT molecular complexity index is 701. The summed E-state index contributed by atoms with van der Waals surface area (Å²) in [5.41, 5.74) is 1.83. The van der Waals surface area contributed by atoms with Gasteiger partial charge in [0.2, 0.25) is 5.95 Å². The van der Waals surface area contributed by atoms with Crippen molar-refractivity contribution in [1.82, 2.24) is 15.3 Å². The second-order valence-electron chi connectivity index (χ2n) is 5.76. The number of amides is 1. The maximum atomic E-state index is 12.1. The monoisotopic (exact) mass is 328 g/mol. The summed E-state index contributed by atoms with van der Waals surface area (Å²) >= 11 is 0. The van der Waals surface area contributed by atoms with E-state index >= 15 is 0 Å². The van der Waals surface area contributed by atoms with E-state index in [1.165, 1.54) is 0 Å². The third kappa shape index (κ3) is 4.94. The summed E-state index contributed by atoms with van der Waals surface area (Å²) < 4.78 is 5.78. The second kappa shape index (κ2) is 8.29. The van der Waals surface area contributed by atoms with Crippen molar-refractivity contribution < 1.29 is 9.53 Å². The smallest absolute Gasteiger partial charge is 0.270 e. The van der Waals surface area contributed by atoms with Crippen LogP contribution in [0.4, 0.5) is 11.6 Å². The van der Waals surface area contributed by atoms with Gasteiger partial charge < -0.3 is 15.4 Å². The molecule has 2 aromatic rings. The first kappa shape index (κ1) is 17.7. The van der Waals surface area contributed by atoms with Gasteiger partial charge in [0.15, 0.2) is 0 Å². The van der Waals surface area contributed by atoms with Gasteiger partial charge in [0.25, 0.3) is 5.91 Å². The van der Waals surface area contributed by atoms with Crippen LogP contribution in [-0.4, -0.2) is 28.5 Å². The Morgan fingerprint density at radius 1 is 1.25 bits per heavy atom. The average Bonchev–Trinajstić information content (AvgIpc) is 2.53. The zero-order valence-corrected chi connectivity index (χ0v) is 14.6. The molecule has 1 amide bonds. The lowest BCUT2D eigenvalue weighted by Gasteiger charge is -2.15. The van der Waals surface area contributed by atoms with Crippen molar-refractivity contribution >= 4 is 17.5 Å². The molecule has 0 aliphatic heterocycles. The van der Waals surface area contributed by atoms with Crippen LogP contribution in [0.1, 0.15) is 43.4 Å². The summed E-state index contributed by atoms with van der Waals surface area (Å²) in [5.74, 6) is 0.892. The quantitative estimate of drug-likeness (QED) is 0.814. The van der Waals surface area contributed by atoms with Gasteiger partial charge in [-0.15, -0.1) is 0 Å². The number of nitrogens with one attached hydrogen (secondary N) is 2. The lowest BCUT2D eigenvalue weighted by atomic mass is 10.3. The molecule has 0 aliphatic carbocycles. The molecule has 6 heteroatoms. The Labute approximate surface area is 142 Å². The summed E-state index contributed by atoms with van der Waals surface area (Å²) in [6.45, 7) is 8.39. The standard InChI is InChI=1S/C18H24N4O2/c1-5-10-19-17(23)15-11-13(4)20-18(22-15)21-14-8-6-7-9-16(14)24-12(2)3/h6-9,11-12H,5,10H2,1-4H3,(H,19,23)(H,20,21,22). The van der Waals surface area contributed by atoms with Crippen molar-refractivity contribution in [1.29, 1.82) is 0 Å². The predicted octanol–water partition coefficient (Wildman–Crippen LogP) is 3.46. The van der Waals surface area contributed by atoms with E-state index in [1.54, 1.807) is 6.07 Å². The van der Waals surface area contributed by atoms with Crippen molar-refractivity contribution in [2.24, 2.45) is 0 Å². The molecular weight excluding hydrogens is 304 g/mol. The van der Waals surface area contributed by atoms with Crippen LogP contribution in [0.2, 0.25) is 0 Å². The SMILES string of the molecule is CCCNC(=O)c1cc(C)nc(Nc2ccccc2OC(C)C)n1. The number of anilines is 2. The molecule has 0 unspecified atom stereocenters. The van der Waals surface area contributed by atoms with Crippen molar-refractivity contribution in [3.8, 4) is 5.75 Å². The zero-order valence-electron chi connectivity index (χ0n) is 14.6. The Hall–Kier alpha value is -2.63. The summed E-state index contributed by atoms with van der Waals surface area (Å²) in [6, 6.07) is 9.25. The molecule has 0 aliphatic rings. The fourth-order valence-electron chi connectivity index (χ4n) is 2.12. The first-order valence-electron chi connectivity index (χ1n) is 8.16. The van der Waals surface area contributed by atoms with Crippen LogP contribution in [0.25, 0.3) is 0 Å². The first-order chi connectivity index (χ1) is 11.5. The number of carbonyl (C=O) groups excluding carboxylic acids is 1. The van der Waals surface area contributed by atoms with Gasteiger partial charge >= 0.3 is 0 Å². The summed E-state index contributed by atoms with van der Waals surface area (Å²) in [5, 5.41) is 5.97. The summed E-state index contributed by atoms with van der Waals surface area (Å²) in [6.07, 6.45) is 0.933. The largest absolute Gasteiger partial charge is 0.489 e. The van der Waals surface area contributed by atoms with Crippen LogP contribution in [0.15, 0.2) is 30.3 Å². The maximum absolute atomic E-state index is 12.1. The fourth-order valence-corrected chi connectivity index (χ4v) is 2.12. The summed E-state index contributed by atoms with van der Waals surface area (Å²) in [4.78, 5) is 20.8. The number of hydrogen-bond donors (Lipinski definition) is 2. The molecular formula is C18H24N4O2. The van der Waals surface area contributed by atoms with Crippen LogP contribution in [0.5, 0.6) is 5.75 Å². The van der Waals surface area contributed by atoms with Crippen molar-refractivity contribution in [3.63, 3.8) is 0 Å². The van der Waals surface area contributed by atoms with E-state index in [0.29, 0.717) is 18.2 Å². The van der Waals surface area contributed by atoms with Gasteiger partial charge in [0.1, 0.15) is 11.4 Å². The summed E-state index contributed by atoms with van der Waals surface area (Å²) in [7, 11) is 0. The van der Waals surface area contributed by atoms with Crippen LogP contribution in [0.3, 0.4) is 0 Å². The highest BCUT2D eigenvalue weighted by Crippen LogP contribution is 2.27. The highest BCUT2D eigenvalue weighted by Gasteiger charge is 2.12. The molecule has 0 saturated carbocycles. The number of benzene rings is 1. The van der Waals surface area contributed by atoms with E-state index in [4.69, 9.17) is 4.74 Å². The number of rotatable bonds is 7. The number of ether oxygens (including phenoxy) is 1. The van der Waals surface area contributed by atoms with Gasteiger partial charge in [-0.3, -0.25) is 4.79 Å². The molecule has 0 saturated heterocycles. The lowest BCUT2D eigenvalue weighted by Crippen LogP contribution is -2.25. The number of aromatic nitrogens is 2. The van der Waals surface area contributed by atoms with E-state index in [0.717, 1.165) is 23.6 Å². The number of aryl methyl sites for hydroxylation is 1. The molecule has 1 heterocycles. The third-order valence-electron chi connectivity index (χ3n) is 3.12. The molecule has 0 bridgehead atoms. The van der Waals surface area contributed by atoms with E-state index < -0.39 is 0 Å². The van der Waals surface area contributed by atoms with Gasteiger partial charge in [-0.1, -0.05) is 19.1 Å². The molecule has 6 nitrogen and oxygen atoms in total. The number of hydrogen-bond acceptors (Lipinski definition) is 5. The number of nitrogens with zero attached hydrogens (tertiary/aromatic N) is 2. The Balaban J connectivity index is 2.24. The Morgan fingerprint density at radius 2 is 2.00 bits per heavy atom. The molecule has 1 aromatic carbocycles. The molecule has 24 heavy (non-hydrogen) atoms. The average molecular weight is 328 g/mol. The van der Waals surface area contributed by atoms with Crippen LogP contribution in [-0.2, 0) is 0 Å². The Morgan fingerprint density at radius 3 is 2.71 bits per heavy atom. The van der Waals surface area contributed by atoms with E-state index in [9.17, 15) is 4.79 Å². The molecule has 0 spiro atoms. The topological polar surface area (TPSA) is 76.1 Å². The minimum absolute atomic E-state index is 0.0572. The molecule has 2 N–H and O–H groups in total. The second-order valence-corrected chi connectivity index (χ2v) is 5.76. The van der Waals surface area contributed by atoms with Crippen LogP contribution >= 0.6 is 0 Å². The molecule has 0 fully saturated rings. The highest BCUT2D eigenvalue weighted by molar-refractivity contribution is 5.92. The maximum Gasteiger partial charge on any atom is 0.270 e. The van der Waals surface area contributed by atoms with Gasteiger partial charge in [-0.2, -0.15) is 0 Å². The third-order valence-corrected chi connectivity index (χ3v) is 3.12. The lowest BCUT2D eigenvalue weighted by molar-refractivity contribution is 0.0948. The van der Waals surface area contributed by atoms with Gasteiger partial charge in [-0.05, 0) is 45.4 Å². The van der Waals surface area contributed by atoms with Crippen LogP contribution < -0.4 is 15.4 Å². The van der Waals surface area contributed by atoms with Gasteiger partial charge in [-0.25, -0.2) is 9.97 Å². The van der Waals surface area contributed by atoms with Crippen molar-refractivity contribution in [2.45, 2.75) is 40.2 Å². The molecule has 2 rings (SSSR count). The molecule has 128 valence electrons. The van der Waals surface area contributed by atoms with E-state index in [2.05, 4.69) is 20.6 Å². The fraction of sp³-hybridized carbons (Fsp3) is 0.389. The number of para-hydroxylation sites is 2. The molecule has 0 atom stereocenters. The first-order valence-corrected chi connectivity index (χ1v) is 8.16. The zero-order chi connectivity index (χ0) is 17.5. The molecule has 0 radical (unpaired) electrons. The minimum Gasteiger partial charge on any atom is -0.489 e. The van der Waals surface area contributed by atoms with Crippen LogP contribution in [0, 0.1) is 6.92 Å². The van der Waals surface area contributed by atoms with E-state index in [-0.39, 0.29) is 12.0 Å².